The highest BCUT2D eigenvalue weighted by Gasteiger charge is 2.18. The number of hydrogen-bond acceptors (Lipinski definition) is 1. The lowest BCUT2D eigenvalue weighted by Gasteiger charge is -2.19. The van der Waals surface area contributed by atoms with E-state index in [0.717, 1.165) is 16.8 Å². The van der Waals surface area contributed by atoms with E-state index in [1.54, 1.807) is 12.1 Å². The van der Waals surface area contributed by atoms with Crippen LogP contribution in [0, 0.1) is 6.92 Å². The number of phenolic OH excluding ortho intramolecular Hbond substituents is 1. The number of aryl methyl sites for hydroxylation is 2. The summed E-state index contributed by atoms with van der Waals surface area (Å²) < 4.78 is 2.21. The molecule has 4 rings (SSSR count). The Kier molecular flexibility index (Phi) is 6.20. The van der Waals surface area contributed by atoms with Gasteiger partial charge >= 0.3 is 0 Å². The molecule has 0 aliphatic carbocycles. The number of aromatic hydroxyl groups is 1. The maximum Gasteiger partial charge on any atom is 0.212 e. The minimum absolute atomic E-state index is 0.132. The molecule has 1 N–H and O–H groups in total. The molecule has 2 heteroatoms. The second-order valence-electron chi connectivity index (χ2n) is 9.71. The molecule has 0 bridgehead atoms. The zero-order chi connectivity index (χ0) is 23.6. The van der Waals surface area contributed by atoms with Crippen LogP contribution in [-0.2, 0) is 12.5 Å². The molecular weight excluding hydrogens is 402 g/mol. The zero-order valence-electron chi connectivity index (χ0n) is 20.1. The van der Waals surface area contributed by atoms with E-state index in [-0.39, 0.29) is 11.2 Å². The lowest BCUT2D eigenvalue weighted by atomic mass is 9.86. The number of pyridine rings is 1. The highest BCUT2D eigenvalue weighted by Crippen LogP contribution is 2.31. The standard InChI is InChI=1S/C31H31NO/c1-22-8-6-7-9-28(22)29-21-32(5)30(24-14-16-26(17-15-24)31(2,3)4)20-25(29)13-10-23-11-18-27(33)19-12-23/h6-21H,1-5H3/p+1. The van der Waals surface area contributed by atoms with Gasteiger partial charge in [-0.1, -0.05) is 81.5 Å². The van der Waals surface area contributed by atoms with Crippen molar-refractivity contribution in [2.24, 2.45) is 7.05 Å². The minimum atomic E-state index is 0.132. The van der Waals surface area contributed by atoms with Crippen molar-refractivity contribution in [2.45, 2.75) is 33.1 Å². The van der Waals surface area contributed by atoms with Crippen molar-refractivity contribution in [3.8, 4) is 28.1 Å². The highest BCUT2D eigenvalue weighted by atomic mass is 16.3. The van der Waals surface area contributed by atoms with Crippen LogP contribution in [0.1, 0.15) is 43.0 Å². The number of nitrogens with zero attached hydrogens (tertiary/aromatic N) is 1. The third-order valence-electron chi connectivity index (χ3n) is 6.14. The summed E-state index contributed by atoms with van der Waals surface area (Å²) in [6.45, 7) is 8.88. The Balaban J connectivity index is 1.84. The summed E-state index contributed by atoms with van der Waals surface area (Å²) in [6.07, 6.45) is 6.50. The van der Waals surface area contributed by atoms with Crippen LogP contribution in [0.4, 0.5) is 0 Å². The van der Waals surface area contributed by atoms with E-state index in [1.807, 2.05) is 12.1 Å². The summed E-state index contributed by atoms with van der Waals surface area (Å²) in [5.41, 5.74) is 9.70. The molecule has 0 aliphatic heterocycles. The van der Waals surface area contributed by atoms with E-state index in [4.69, 9.17) is 0 Å². The minimum Gasteiger partial charge on any atom is -0.508 e. The molecule has 0 radical (unpaired) electrons. The Morgan fingerprint density at radius 1 is 0.788 bits per heavy atom. The van der Waals surface area contributed by atoms with Gasteiger partial charge in [-0.15, -0.1) is 0 Å². The molecule has 1 heterocycles. The van der Waals surface area contributed by atoms with Gasteiger partial charge in [-0.25, -0.2) is 4.57 Å². The smallest absolute Gasteiger partial charge is 0.212 e. The molecule has 0 aliphatic rings. The summed E-state index contributed by atoms with van der Waals surface area (Å²) in [7, 11) is 2.11. The van der Waals surface area contributed by atoms with Crippen LogP contribution in [0.15, 0.2) is 85.1 Å². The first-order valence-electron chi connectivity index (χ1n) is 11.4. The summed E-state index contributed by atoms with van der Waals surface area (Å²) in [6, 6.07) is 27.0. The van der Waals surface area contributed by atoms with E-state index >= 15 is 0 Å². The Bertz CT molecular complexity index is 1290. The largest absolute Gasteiger partial charge is 0.508 e. The van der Waals surface area contributed by atoms with Gasteiger partial charge in [0.05, 0.1) is 5.56 Å². The summed E-state index contributed by atoms with van der Waals surface area (Å²) in [5, 5.41) is 9.60. The first-order valence-corrected chi connectivity index (χ1v) is 11.4. The number of benzene rings is 3. The van der Waals surface area contributed by atoms with Crippen LogP contribution in [0.2, 0.25) is 0 Å². The van der Waals surface area contributed by atoms with Crippen molar-refractivity contribution >= 4 is 12.2 Å². The van der Waals surface area contributed by atoms with Gasteiger partial charge in [0.25, 0.3) is 0 Å². The molecule has 1 aromatic heterocycles. The molecule has 166 valence electrons. The molecule has 3 aromatic carbocycles. The van der Waals surface area contributed by atoms with Gasteiger partial charge < -0.3 is 5.11 Å². The van der Waals surface area contributed by atoms with Gasteiger partial charge in [0, 0.05) is 11.6 Å². The van der Waals surface area contributed by atoms with Gasteiger partial charge in [-0.3, -0.25) is 0 Å². The monoisotopic (exact) mass is 434 g/mol. The maximum atomic E-state index is 9.60. The predicted molar refractivity (Wildman–Crippen MR) is 139 cm³/mol. The van der Waals surface area contributed by atoms with Crippen LogP contribution in [-0.4, -0.2) is 5.11 Å². The van der Waals surface area contributed by atoms with Crippen molar-refractivity contribution in [1.29, 1.82) is 0 Å². The van der Waals surface area contributed by atoms with Crippen LogP contribution in [0.3, 0.4) is 0 Å². The number of aromatic nitrogens is 1. The average molecular weight is 435 g/mol. The van der Waals surface area contributed by atoms with Crippen molar-refractivity contribution in [3.05, 3.63) is 107 Å². The second kappa shape index (κ2) is 9.07. The molecule has 4 aromatic rings. The molecule has 0 unspecified atom stereocenters. The van der Waals surface area contributed by atoms with Crippen LogP contribution in [0.25, 0.3) is 34.5 Å². The number of hydrogen-bond donors (Lipinski definition) is 1. The Morgan fingerprint density at radius 2 is 1.45 bits per heavy atom. The Morgan fingerprint density at radius 3 is 2.09 bits per heavy atom. The fourth-order valence-electron chi connectivity index (χ4n) is 4.10. The molecule has 2 nitrogen and oxygen atoms in total. The molecule has 0 spiro atoms. The average Bonchev–Trinajstić information content (AvgIpc) is 2.79. The molecule has 0 amide bonds. The van der Waals surface area contributed by atoms with E-state index in [1.165, 1.54) is 27.8 Å². The molecule has 0 fully saturated rings. The SMILES string of the molecule is Cc1ccccc1-c1c[n+](C)c(-c2ccc(C(C)(C)C)cc2)cc1/C=C/c1ccc(O)cc1. The van der Waals surface area contributed by atoms with E-state index in [0.29, 0.717) is 0 Å². The molecule has 0 saturated carbocycles. The zero-order valence-corrected chi connectivity index (χ0v) is 20.1. The third kappa shape index (κ3) is 5.06. The molecular formula is C31H32NO+. The van der Waals surface area contributed by atoms with E-state index in [2.05, 4.69) is 112 Å². The summed E-state index contributed by atoms with van der Waals surface area (Å²) in [5.74, 6) is 0.278. The summed E-state index contributed by atoms with van der Waals surface area (Å²) in [4.78, 5) is 0. The lowest BCUT2D eigenvalue weighted by Crippen LogP contribution is -2.31. The van der Waals surface area contributed by atoms with Gasteiger partial charge in [-0.2, -0.15) is 0 Å². The number of rotatable bonds is 4. The van der Waals surface area contributed by atoms with E-state index in [9.17, 15) is 5.11 Å². The van der Waals surface area contributed by atoms with Crippen molar-refractivity contribution in [1.82, 2.24) is 0 Å². The highest BCUT2D eigenvalue weighted by molar-refractivity contribution is 5.82. The van der Waals surface area contributed by atoms with E-state index < -0.39 is 0 Å². The number of phenols is 1. The predicted octanol–water partition coefficient (Wildman–Crippen LogP) is 7.33. The van der Waals surface area contributed by atoms with Crippen molar-refractivity contribution < 1.29 is 9.67 Å². The maximum absolute atomic E-state index is 9.60. The van der Waals surface area contributed by atoms with Crippen LogP contribution in [0.5, 0.6) is 5.75 Å². The van der Waals surface area contributed by atoms with Crippen LogP contribution >= 0.6 is 0 Å². The quantitative estimate of drug-likeness (QED) is 0.334. The third-order valence-corrected chi connectivity index (χ3v) is 6.14. The van der Waals surface area contributed by atoms with Crippen LogP contribution < -0.4 is 4.57 Å². The molecule has 0 saturated heterocycles. The van der Waals surface area contributed by atoms with Crippen molar-refractivity contribution in [3.63, 3.8) is 0 Å². The molecule has 33 heavy (non-hydrogen) atoms. The normalized spacial score (nSPS) is 11.8. The van der Waals surface area contributed by atoms with Gasteiger partial charge in [0.1, 0.15) is 12.8 Å². The first kappa shape index (κ1) is 22.5. The first-order chi connectivity index (χ1) is 15.7. The lowest BCUT2D eigenvalue weighted by molar-refractivity contribution is -0.659. The fourth-order valence-corrected chi connectivity index (χ4v) is 4.10. The Labute approximate surface area is 197 Å². The fraction of sp³-hybridized carbons (Fsp3) is 0.194. The topological polar surface area (TPSA) is 24.1 Å². The van der Waals surface area contributed by atoms with Crippen molar-refractivity contribution in [2.75, 3.05) is 0 Å². The van der Waals surface area contributed by atoms with Gasteiger partial charge in [-0.05, 0) is 64.4 Å². The Hall–Kier alpha value is -3.65. The van der Waals surface area contributed by atoms with Gasteiger partial charge in [0.15, 0.2) is 6.20 Å². The van der Waals surface area contributed by atoms with Gasteiger partial charge in [0.2, 0.25) is 5.69 Å². The molecule has 0 atom stereocenters. The summed E-state index contributed by atoms with van der Waals surface area (Å²) >= 11 is 0. The second-order valence-corrected chi connectivity index (χ2v) is 9.71.